The van der Waals surface area contributed by atoms with E-state index in [1.807, 2.05) is 42.3 Å². The number of carbonyl (C=O) groups excluding carboxylic acids is 2. The van der Waals surface area contributed by atoms with Crippen molar-refractivity contribution in [1.82, 2.24) is 4.90 Å². The van der Waals surface area contributed by atoms with Crippen LogP contribution in [0.5, 0.6) is 0 Å². The number of amides is 1. The Morgan fingerprint density at radius 1 is 0.923 bits per heavy atom. The Morgan fingerprint density at radius 2 is 1.46 bits per heavy atom. The number of ketones is 1. The van der Waals surface area contributed by atoms with Crippen LogP contribution in [0.4, 0.5) is 0 Å². The van der Waals surface area contributed by atoms with E-state index in [0.717, 1.165) is 34.5 Å². The number of hydrogen-bond donors (Lipinski definition) is 0. The number of rotatable bonds is 5. The van der Waals surface area contributed by atoms with Gasteiger partial charge in [0.15, 0.2) is 5.78 Å². The standard InChI is InChI=1S/C22H27NO2Si/c1-5-26(6-2,7-3)20-19(17-11-9-8-10-12-17)22(23(4)21(20)25)15-13-18(24)14-16-22/h8-16H,5-7H2,1-4H3. The lowest BCUT2D eigenvalue weighted by atomic mass is 9.83. The lowest BCUT2D eigenvalue weighted by Gasteiger charge is -2.35. The molecule has 1 aliphatic heterocycles. The van der Waals surface area contributed by atoms with Crippen LogP contribution in [0, 0.1) is 0 Å². The minimum Gasteiger partial charge on any atom is -0.325 e. The molecule has 0 unspecified atom stereocenters. The van der Waals surface area contributed by atoms with Gasteiger partial charge in [0, 0.05) is 12.2 Å². The molecule has 1 aromatic carbocycles. The van der Waals surface area contributed by atoms with Gasteiger partial charge in [0.25, 0.3) is 0 Å². The third-order valence-electron chi connectivity index (χ3n) is 6.35. The maximum absolute atomic E-state index is 13.5. The van der Waals surface area contributed by atoms with Crippen LogP contribution in [0.15, 0.2) is 59.8 Å². The summed E-state index contributed by atoms with van der Waals surface area (Å²) in [5.41, 5.74) is 1.51. The predicted molar refractivity (Wildman–Crippen MR) is 109 cm³/mol. The molecule has 3 nitrogen and oxygen atoms in total. The van der Waals surface area contributed by atoms with Gasteiger partial charge < -0.3 is 4.90 Å². The molecule has 0 saturated carbocycles. The minimum absolute atomic E-state index is 0.0256. The highest BCUT2D eigenvalue weighted by Gasteiger charge is 2.53. The van der Waals surface area contributed by atoms with E-state index in [1.165, 1.54) is 0 Å². The summed E-state index contributed by atoms with van der Waals surface area (Å²) in [4.78, 5) is 27.1. The van der Waals surface area contributed by atoms with Gasteiger partial charge in [-0.1, -0.05) is 69.2 Å². The molecule has 4 heteroatoms. The summed E-state index contributed by atoms with van der Waals surface area (Å²) in [6.07, 6.45) is 7.01. The predicted octanol–water partition coefficient (Wildman–Crippen LogP) is 4.39. The molecular weight excluding hydrogens is 338 g/mol. The van der Waals surface area contributed by atoms with Crippen molar-refractivity contribution in [2.75, 3.05) is 7.05 Å². The normalized spacial score (nSPS) is 19.2. The average molecular weight is 366 g/mol. The summed E-state index contributed by atoms with van der Waals surface area (Å²) in [5.74, 6) is 0.104. The highest BCUT2D eigenvalue weighted by atomic mass is 28.3. The first kappa shape index (κ1) is 18.6. The molecule has 3 rings (SSSR count). The first-order chi connectivity index (χ1) is 12.5. The van der Waals surface area contributed by atoms with E-state index in [0.29, 0.717) is 0 Å². The van der Waals surface area contributed by atoms with Gasteiger partial charge in [0.1, 0.15) is 5.54 Å². The molecule has 26 heavy (non-hydrogen) atoms. The summed E-state index contributed by atoms with van der Waals surface area (Å²) in [7, 11) is -0.0624. The fourth-order valence-corrected chi connectivity index (χ4v) is 8.54. The second-order valence-corrected chi connectivity index (χ2v) is 12.4. The summed E-state index contributed by atoms with van der Waals surface area (Å²) in [5, 5.41) is 1.04. The van der Waals surface area contributed by atoms with E-state index in [9.17, 15) is 9.59 Å². The van der Waals surface area contributed by atoms with Crippen molar-refractivity contribution in [3.05, 3.63) is 65.4 Å². The van der Waals surface area contributed by atoms with Crippen LogP contribution in [0.25, 0.3) is 5.57 Å². The van der Waals surface area contributed by atoms with Crippen molar-refractivity contribution >= 4 is 25.3 Å². The third-order valence-corrected chi connectivity index (χ3v) is 11.9. The molecular formula is C22H27NO2Si. The fourth-order valence-electron chi connectivity index (χ4n) is 4.48. The van der Waals surface area contributed by atoms with E-state index in [-0.39, 0.29) is 11.7 Å². The number of carbonyl (C=O) groups is 2. The van der Waals surface area contributed by atoms with Gasteiger partial charge in [-0.15, -0.1) is 0 Å². The van der Waals surface area contributed by atoms with E-state index >= 15 is 0 Å². The largest absolute Gasteiger partial charge is 0.325 e. The number of nitrogens with zero attached hydrogens (tertiary/aromatic N) is 1. The molecule has 0 saturated heterocycles. The molecule has 1 spiro atoms. The fraction of sp³-hybridized carbons (Fsp3) is 0.364. The zero-order valence-corrected chi connectivity index (χ0v) is 17.1. The number of allylic oxidation sites excluding steroid dienone is 2. The lowest BCUT2D eigenvalue weighted by Crippen LogP contribution is -2.44. The first-order valence-corrected chi connectivity index (χ1v) is 12.1. The minimum atomic E-state index is -1.93. The van der Waals surface area contributed by atoms with Crippen LogP contribution in [-0.4, -0.2) is 37.3 Å². The van der Waals surface area contributed by atoms with Crippen LogP contribution in [-0.2, 0) is 9.59 Å². The zero-order valence-electron chi connectivity index (χ0n) is 16.1. The Balaban J connectivity index is 2.38. The molecule has 2 aliphatic rings. The molecule has 1 amide bonds. The van der Waals surface area contributed by atoms with Crippen LogP contribution in [0.3, 0.4) is 0 Å². The smallest absolute Gasteiger partial charge is 0.247 e. The van der Waals surface area contributed by atoms with Gasteiger partial charge in [-0.2, -0.15) is 0 Å². The first-order valence-electron chi connectivity index (χ1n) is 9.47. The average Bonchev–Trinajstić information content (AvgIpc) is 2.90. The van der Waals surface area contributed by atoms with Gasteiger partial charge in [0.05, 0.1) is 8.07 Å². The van der Waals surface area contributed by atoms with Crippen molar-refractivity contribution in [1.29, 1.82) is 0 Å². The zero-order chi connectivity index (χ0) is 18.9. The van der Waals surface area contributed by atoms with Crippen molar-refractivity contribution in [2.24, 2.45) is 0 Å². The monoisotopic (exact) mass is 365 g/mol. The van der Waals surface area contributed by atoms with E-state index in [1.54, 1.807) is 12.2 Å². The second kappa shape index (κ2) is 6.84. The lowest BCUT2D eigenvalue weighted by molar-refractivity contribution is -0.125. The molecule has 1 aromatic rings. The van der Waals surface area contributed by atoms with Gasteiger partial charge in [-0.25, -0.2) is 0 Å². The molecule has 136 valence electrons. The van der Waals surface area contributed by atoms with Crippen molar-refractivity contribution in [3.8, 4) is 0 Å². The van der Waals surface area contributed by atoms with Crippen LogP contribution >= 0.6 is 0 Å². The van der Waals surface area contributed by atoms with Crippen molar-refractivity contribution in [3.63, 3.8) is 0 Å². The number of hydrogen-bond acceptors (Lipinski definition) is 2. The molecule has 0 bridgehead atoms. The van der Waals surface area contributed by atoms with Gasteiger partial charge in [-0.05, 0) is 35.4 Å². The SMILES string of the molecule is CC[Si](CC)(CC)C1=C(c2ccccc2)C2(C=CC(=O)C=C2)N(C)C1=O. The Bertz CT molecular complexity index is 792. The van der Waals surface area contributed by atoms with Crippen LogP contribution in [0.1, 0.15) is 26.3 Å². The molecule has 1 aliphatic carbocycles. The summed E-state index contributed by atoms with van der Waals surface area (Å²) in [6, 6.07) is 13.4. The Hall–Kier alpha value is -2.20. The topological polar surface area (TPSA) is 37.4 Å². The van der Waals surface area contributed by atoms with E-state index < -0.39 is 13.6 Å². The summed E-state index contributed by atoms with van der Waals surface area (Å²) in [6.45, 7) is 6.68. The summed E-state index contributed by atoms with van der Waals surface area (Å²) < 4.78 is 0. The third kappa shape index (κ3) is 2.55. The Labute approximate surface area is 157 Å². The Morgan fingerprint density at radius 3 is 1.96 bits per heavy atom. The molecule has 0 atom stereocenters. The maximum atomic E-state index is 13.5. The van der Waals surface area contributed by atoms with E-state index in [2.05, 4.69) is 32.9 Å². The maximum Gasteiger partial charge on any atom is 0.247 e. The van der Waals surface area contributed by atoms with Gasteiger partial charge >= 0.3 is 0 Å². The van der Waals surface area contributed by atoms with Crippen LogP contribution in [0.2, 0.25) is 18.1 Å². The quantitative estimate of drug-likeness (QED) is 0.726. The summed E-state index contributed by atoms with van der Waals surface area (Å²) >= 11 is 0. The second-order valence-electron chi connectivity index (χ2n) is 7.22. The van der Waals surface area contributed by atoms with E-state index in [4.69, 9.17) is 0 Å². The number of benzene rings is 1. The molecule has 0 aromatic heterocycles. The van der Waals surface area contributed by atoms with Crippen molar-refractivity contribution < 1.29 is 9.59 Å². The van der Waals surface area contributed by atoms with Gasteiger partial charge in [0.2, 0.25) is 5.91 Å². The number of likely N-dealkylation sites (N-methyl/N-ethyl adjacent to an activating group) is 1. The highest BCUT2D eigenvalue weighted by Crippen LogP contribution is 2.49. The van der Waals surface area contributed by atoms with Crippen LogP contribution < -0.4 is 0 Å². The van der Waals surface area contributed by atoms with Gasteiger partial charge in [-0.3, -0.25) is 9.59 Å². The van der Waals surface area contributed by atoms with Crippen molar-refractivity contribution in [2.45, 2.75) is 44.4 Å². The molecule has 0 N–H and O–H groups in total. The molecule has 1 heterocycles. The Kier molecular flexibility index (Phi) is 4.89. The molecule has 0 radical (unpaired) electrons. The molecule has 0 fully saturated rings. The highest BCUT2D eigenvalue weighted by molar-refractivity contribution is 6.91.